The van der Waals surface area contributed by atoms with E-state index in [9.17, 15) is 4.79 Å². The Hall–Kier alpha value is -1.05. The Morgan fingerprint density at radius 3 is 2.38 bits per heavy atom. The number of carbonyl (C=O) groups excluding carboxylic acids is 1. The van der Waals surface area contributed by atoms with E-state index in [1.54, 1.807) is 0 Å². The molecule has 0 aromatic carbocycles. The number of hydrogen-bond acceptors (Lipinski definition) is 2. The van der Waals surface area contributed by atoms with Crippen LogP contribution in [0.3, 0.4) is 0 Å². The van der Waals surface area contributed by atoms with Gasteiger partial charge in [-0.15, -0.1) is 0 Å². The Morgan fingerprint density at radius 2 is 1.75 bits per heavy atom. The van der Waals surface area contributed by atoms with E-state index in [4.69, 9.17) is 4.74 Å². The summed E-state index contributed by atoms with van der Waals surface area (Å²) in [5.41, 5.74) is 0. The molecule has 0 aliphatic heterocycles. The second-order valence-electron chi connectivity index (χ2n) is 3.92. The second-order valence-corrected chi connectivity index (χ2v) is 3.92. The third-order valence-electron chi connectivity index (χ3n) is 2.42. The van der Waals surface area contributed by atoms with Crippen LogP contribution in [-0.4, -0.2) is 5.97 Å². The lowest BCUT2D eigenvalue weighted by atomic mass is 10.1. The van der Waals surface area contributed by atoms with Gasteiger partial charge in [-0.25, -0.2) is 4.79 Å². The Labute approximate surface area is 99.4 Å². The molecule has 0 radical (unpaired) electrons. The van der Waals surface area contributed by atoms with Gasteiger partial charge in [0.05, 0.1) is 6.26 Å². The molecular weight excluding hydrogens is 200 g/mol. The van der Waals surface area contributed by atoms with E-state index in [0.29, 0.717) is 0 Å². The van der Waals surface area contributed by atoms with Crippen molar-refractivity contribution in [3.63, 3.8) is 0 Å². The summed E-state index contributed by atoms with van der Waals surface area (Å²) in [6.07, 6.45) is 14.6. The summed E-state index contributed by atoms with van der Waals surface area (Å²) in [7, 11) is 0. The molecule has 0 amide bonds. The van der Waals surface area contributed by atoms with Crippen molar-refractivity contribution in [3.8, 4) is 0 Å². The van der Waals surface area contributed by atoms with Gasteiger partial charge in [0.2, 0.25) is 0 Å². The minimum Gasteiger partial charge on any atom is -0.432 e. The maximum Gasteiger partial charge on any atom is 0.334 e. The molecule has 0 bridgehead atoms. The largest absolute Gasteiger partial charge is 0.432 e. The van der Waals surface area contributed by atoms with Crippen molar-refractivity contribution in [3.05, 3.63) is 25.0 Å². The van der Waals surface area contributed by atoms with Gasteiger partial charge in [0.15, 0.2) is 0 Å². The number of hydrogen-bond donors (Lipinski definition) is 0. The van der Waals surface area contributed by atoms with Crippen LogP contribution < -0.4 is 0 Å². The molecule has 0 aromatic heterocycles. The number of rotatable bonds is 10. The summed E-state index contributed by atoms with van der Waals surface area (Å²) in [6, 6.07) is 0. The van der Waals surface area contributed by atoms with E-state index in [1.807, 2.05) is 6.08 Å². The van der Waals surface area contributed by atoms with Crippen molar-refractivity contribution in [2.24, 2.45) is 0 Å². The molecule has 0 N–H and O–H groups in total. The van der Waals surface area contributed by atoms with Gasteiger partial charge in [0, 0.05) is 6.08 Å². The molecule has 2 nitrogen and oxygen atoms in total. The maximum atomic E-state index is 10.7. The quantitative estimate of drug-likeness (QED) is 0.238. The number of ether oxygens (including phenoxy) is 1. The predicted octanol–water partition coefficient (Wildman–Crippen LogP) is 4.37. The molecule has 0 atom stereocenters. The van der Waals surface area contributed by atoms with Crippen LogP contribution in [0.15, 0.2) is 25.0 Å². The summed E-state index contributed by atoms with van der Waals surface area (Å²) >= 11 is 0. The third kappa shape index (κ3) is 11.0. The molecule has 16 heavy (non-hydrogen) atoms. The minimum atomic E-state index is -0.393. The zero-order valence-electron chi connectivity index (χ0n) is 10.4. The van der Waals surface area contributed by atoms with Crippen LogP contribution in [0.2, 0.25) is 0 Å². The van der Waals surface area contributed by atoms with Gasteiger partial charge >= 0.3 is 5.97 Å². The van der Waals surface area contributed by atoms with E-state index in [2.05, 4.69) is 13.5 Å². The molecule has 0 spiro atoms. The van der Waals surface area contributed by atoms with Gasteiger partial charge in [0.25, 0.3) is 0 Å². The molecule has 0 unspecified atom stereocenters. The Balaban J connectivity index is 3.14. The smallest absolute Gasteiger partial charge is 0.334 e. The lowest BCUT2D eigenvalue weighted by Gasteiger charge is -1.98. The predicted molar refractivity (Wildman–Crippen MR) is 68.0 cm³/mol. The summed E-state index contributed by atoms with van der Waals surface area (Å²) in [5.74, 6) is -0.393. The number of carbonyl (C=O) groups is 1. The molecule has 2 heteroatoms. The lowest BCUT2D eigenvalue weighted by Crippen LogP contribution is -1.91. The van der Waals surface area contributed by atoms with E-state index in [0.717, 1.165) is 12.5 Å². The van der Waals surface area contributed by atoms with Gasteiger partial charge in [-0.1, -0.05) is 52.0 Å². The first-order valence-corrected chi connectivity index (χ1v) is 6.29. The van der Waals surface area contributed by atoms with Gasteiger partial charge in [-0.3, -0.25) is 0 Å². The first-order valence-electron chi connectivity index (χ1n) is 6.29. The number of allylic oxidation sites excluding steroid dienone is 1. The fourth-order valence-corrected chi connectivity index (χ4v) is 1.45. The van der Waals surface area contributed by atoms with Crippen LogP contribution in [0.25, 0.3) is 0 Å². The summed E-state index contributed by atoms with van der Waals surface area (Å²) < 4.78 is 4.71. The standard InChI is InChI=1S/C14H24O2/c1-3-5-6-7-8-9-10-11-12-13-16-14(15)4-2/h4,12-13H,2-3,5-11H2,1H3/b13-12+. The summed E-state index contributed by atoms with van der Waals surface area (Å²) in [5, 5.41) is 0. The molecule has 0 heterocycles. The first kappa shape index (κ1) is 14.9. The normalized spacial score (nSPS) is 10.6. The van der Waals surface area contributed by atoms with Gasteiger partial charge in [-0.05, 0) is 18.9 Å². The third-order valence-corrected chi connectivity index (χ3v) is 2.42. The molecule has 0 saturated carbocycles. The SMILES string of the molecule is C=CC(=O)O/C=C/CCCCCCCCC. The van der Waals surface area contributed by atoms with Crippen molar-refractivity contribution >= 4 is 5.97 Å². The molecular formula is C14H24O2. The molecule has 0 aliphatic carbocycles. The van der Waals surface area contributed by atoms with Crippen molar-refractivity contribution in [1.82, 2.24) is 0 Å². The Kier molecular flexibility index (Phi) is 11.2. The highest BCUT2D eigenvalue weighted by atomic mass is 16.5. The second kappa shape index (κ2) is 12.0. The average Bonchev–Trinajstić information content (AvgIpc) is 2.31. The molecule has 0 rings (SSSR count). The van der Waals surface area contributed by atoms with Crippen LogP contribution in [0, 0.1) is 0 Å². The van der Waals surface area contributed by atoms with Crippen molar-refractivity contribution in [1.29, 1.82) is 0 Å². The number of esters is 1. The van der Waals surface area contributed by atoms with Crippen LogP contribution in [0.5, 0.6) is 0 Å². The van der Waals surface area contributed by atoms with Crippen molar-refractivity contribution in [2.45, 2.75) is 58.3 Å². The van der Waals surface area contributed by atoms with Gasteiger partial charge < -0.3 is 4.74 Å². The average molecular weight is 224 g/mol. The summed E-state index contributed by atoms with van der Waals surface area (Å²) in [6.45, 7) is 5.55. The van der Waals surface area contributed by atoms with Crippen LogP contribution in [0.4, 0.5) is 0 Å². The van der Waals surface area contributed by atoms with E-state index in [1.165, 1.54) is 51.2 Å². The molecule has 0 aromatic rings. The Morgan fingerprint density at radius 1 is 1.12 bits per heavy atom. The maximum absolute atomic E-state index is 10.7. The highest BCUT2D eigenvalue weighted by molar-refractivity contribution is 5.81. The van der Waals surface area contributed by atoms with Crippen LogP contribution >= 0.6 is 0 Å². The van der Waals surface area contributed by atoms with E-state index in [-0.39, 0.29) is 0 Å². The monoisotopic (exact) mass is 224 g/mol. The topological polar surface area (TPSA) is 26.3 Å². The summed E-state index contributed by atoms with van der Waals surface area (Å²) in [4.78, 5) is 10.7. The van der Waals surface area contributed by atoms with Gasteiger partial charge in [-0.2, -0.15) is 0 Å². The van der Waals surface area contributed by atoms with Crippen LogP contribution in [0.1, 0.15) is 58.3 Å². The van der Waals surface area contributed by atoms with Crippen molar-refractivity contribution < 1.29 is 9.53 Å². The van der Waals surface area contributed by atoms with E-state index >= 15 is 0 Å². The zero-order chi connectivity index (χ0) is 12.1. The molecule has 0 aliphatic rings. The highest BCUT2D eigenvalue weighted by Gasteiger charge is 1.90. The molecule has 0 saturated heterocycles. The first-order chi connectivity index (χ1) is 7.81. The van der Waals surface area contributed by atoms with Gasteiger partial charge in [0.1, 0.15) is 0 Å². The Bertz CT molecular complexity index is 207. The molecule has 0 fully saturated rings. The van der Waals surface area contributed by atoms with Crippen molar-refractivity contribution in [2.75, 3.05) is 0 Å². The molecule has 92 valence electrons. The lowest BCUT2D eigenvalue weighted by molar-refractivity contribution is -0.132. The fraction of sp³-hybridized carbons (Fsp3) is 0.643. The minimum absolute atomic E-state index is 0.393. The fourth-order valence-electron chi connectivity index (χ4n) is 1.45. The highest BCUT2D eigenvalue weighted by Crippen LogP contribution is 2.08. The van der Waals surface area contributed by atoms with E-state index < -0.39 is 5.97 Å². The van der Waals surface area contributed by atoms with Crippen LogP contribution in [-0.2, 0) is 9.53 Å². The zero-order valence-corrected chi connectivity index (χ0v) is 10.4. The number of unbranched alkanes of at least 4 members (excludes halogenated alkanes) is 7.